The van der Waals surface area contributed by atoms with Crippen molar-refractivity contribution in [1.29, 1.82) is 0 Å². The third-order valence-corrected chi connectivity index (χ3v) is 2.77. The summed E-state index contributed by atoms with van der Waals surface area (Å²) in [4.78, 5) is 10.9. The molecule has 0 radical (unpaired) electrons. The smallest absolute Gasteiger partial charge is 0.333 e. The Kier molecular flexibility index (Phi) is 2.60. The van der Waals surface area contributed by atoms with Gasteiger partial charge in [0.15, 0.2) is 0 Å². The van der Waals surface area contributed by atoms with Gasteiger partial charge in [-0.25, -0.2) is 4.79 Å². The number of allylic oxidation sites excluding steroid dienone is 1. The van der Waals surface area contributed by atoms with Gasteiger partial charge in [-0.15, -0.1) is 0 Å². The summed E-state index contributed by atoms with van der Waals surface area (Å²) in [7, 11) is 0. The summed E-state index contributed by atoms with van der Waals surface area (Å²) in [5.74, 6) is -0.889. The first-order chi connectivity index (χ1) is 7.22. The van der Waals surface area contributed by atoms with Crippen molar-refractivity contribution in [1.82, 2.24) is 5.32 Å². The molecule has 2 rings (SSSR count). The van der Waals surface area contributed by atoms with E-state index in [1.54, 1.807) is 6.20 Å². The van der Waals surface area contributed by atoms with Gasteiger partial charge in [0.25, 0.3) is 0 Å². The Bertz CT molecular complexity index is 369. The lowest BCUT2D eigenvalue weighted by molar-refractivity contribution is -0.133. The lowest BCUT2D eigenvalue weighted by atomic mass is 9.88. The second kappa shape index (κ2) is 3.90. The Morgan fingerprint density at radius 1 is 1.60 bits per heavy atom. The molecule has 2 unspecified atom stereocenters. The largest absolute Gasteiger partial charge is 0.478 e. The van der Waals surface area contributed by atoms with Crippen molar-refractivity contribution >= 4 is 5.97 Å². The maximum absolute atomic E-state index is 10.9. The fourth-order valence-corrected chi connectivity index (χ4v) is 2.01. The van der Waals surface area contributed by atoms with Gasteiger partial charge in [0.05, 0.1) is 11.6 Å². The zero-order chi connectivity index (χ0) is 10.8. The first kappa shape index (κ1) is 9.98. The predicted molar refractivity (Wildman–Crippen MR) is 57.0 cm³/mol. The molecule has 0 aromatic heterocycles. The maximum Gasteiger partial charge on any atom is 0.333 e. The number of fused-ring (bicyclic) bond motifs is 1. The molecule has 4 N–H and O–H groups in total. The fourth-order valence-electron chi connectivity index (χ4n) is 2.01. The molecule has 4 heteroatoms. The molecule has 0 fully saturated rings. The maximum atomic E-state index is 10.9. The van der Waals surface area contributed by atoms with Crippen LogP contribution in [-0.4, -0.2) is 23.7 Å². The van der Waals surface area contributed by atoms with Gasteiger partial charge in [-0.05, 0) is 18.5 Å². The van der Waals surface area contributed by atoms with Crippen LogP contribution < -0.4 is 11.1 Å². The van der Waals surface area contributed by atoms with Crippen molar-refractivity contribution in [3.8, 4) is 0 Å². The molecule has 4 nitrogen and oxygen atoms in total. The van der Waals surface area contributed by atoms with Gasteiger partial charge >= 0.3 is 5.97 Å². The number of rotatable bonds is 3. The first-order valence-electron chi connectivity index (χ1n) is 5.00. The summed E-state index contributed by atoms with van der Waals surface area (Å²) < 4.78 is 0. The van der Waals surface area contributed by atoms with Crippen molar-refractivity contribution in [2.24, 2.45) is 11.7 Å². The van der Waals surface area contributed by atoms with Crippen LogP contribution in [0.1, 0.15) is 6.42 Å². The van der Waals surface area contributed by atoms with Crippen molar-refractivity contribution < 1.29 is 9.90 Å². The van der Waals surface area contributed by atoms with E-state index in [0.29, 0.717) is 12.1 Å². The second-order valence-corrected chi connectivity index (χ2v) is 3.76. The molecule has 1 heterocycles. The highest BCUT2D eigenvalue weighted by Gasteiger charge is 2.31. The number of aliphatic carboxylic acids is 1. The highest BCUT2D eigenvalue weighted by atomic mass is 16.4. The van der Waals surface area contributed by atoms with Gasteiger partial charge in [0.2, 0.25) is 0 Å². The van der Waals surface area contributed by atoms with E-state index >= 15 is 0 Å². The van der Waals surface area contributed by atoms with Gasteiger partial charge in [-0.2, -0.15) is 0 Å². The summed E-state index contributed by atoms with van der Waals surface area (Å²) in [6, 6.07) is 0.0858. The molecule has 0 amide bonds. The molecule has 0 aromatic carbocycles. The minimum atomic E-state index is -0.852. The quantitative estimate of drug-likeness (QED) is 0.624. The van der Waals surface area contributed by atoms with Crippen LogP contribution in [0, 0.1) is 5.92 Å². The summed E-state index contributed by atoms with van der Waals surface area (Å²) in [6.07, 6.45) is 8.39. The Balaban J connectivity index is 2.13. The Morgan fingerprint density at radius 2 is 2.40 bits per heavy atom. The van der Waals surface area contributed by atoms with Gasteiger partial charge < -0.3 is 16.2 Å². The van der Waals surface area contributed by atoms with E-state index in [4.69, 9.17) is 10.8 Å². The normalized spacial score (nSPS) is 27.8. The first-order valence-corrected chi connectivity index (χ1v) is 5.00. The lowest BCUT2D eigenvalue weighted by Crippen LogP contribution is -2.27. The number of nitrogens with two attached hydrogens (primary N) is 1. The van der Waals surface area contributed by atoms with Crippen LogP contribution >= 0.6 is 0 Å². The summed E-state index contributed by atoms with van der Waals surface area (Å²) in [6.45, 7) is 0.618. The average Bonchev–Trinajstić information content (AvgIpc) is 2.61. The fraction of sp³-hybridized carbons (Fsp3) is 0.364. The van der Waals surface area contributed by atoms with Crippen molar-refractivity contribution in [2.75, 3.05) is 6.54 Å². The highest BCUT2D eigenvalue weighted by Crippen LogP contribution is 2.28. The number of hydrogen-bond acceptors (Lipinski definition) is 3. The lowest BCUT2D eigenvalue weighted by Gasteiger charge is -2.20. The van der Waals surface area contributed by atoms with Crippen LogP contribution in [0.5, 0.6) is 0 Å². The monoisotopic (exact) mass is 206 g/mol. The topological polar surface area (TPSA) is 75.3 Å². The average molecular weight is 206 g/mol. The number of carboxylic acid groups (broad SMARTS) is 1. The van der Waals surface area contributed by atoms with Crippen molar-refractivity contribution in [2.45, 2.75) is 12.5 Å². The van der Waals surface area contributed by atoms with Crippen LogP contribution in [0.4, 0.5) is 0 Å². The molecule has 2 atom stereocenters. The van der Waals surface area contributed by atoms with Gasteiger partial charge in [0.1, 0.15) is 0 Å². The molecule has 1 aliphatic heterocycles. The Hall–Kier alpha value is -1.55. The summed E-state index contributed by atoms with van der Waals surface area (Å²) in [5.41, 5.74) is 7.07. The molecule has 15 heavy (non-hydrogen) atoms. The van der Waals surface area contributed by atoms with E-state index in [0.717, 1.165) is 6.42 Å². The number of hydrogen-bond donors (Lipinski definition) is 3. The summed E-state index contributed by atoms with van der Waals surface area (Å²) in [5, 5.41) is 12.0. The van der Waals surface area contributed by atoms with Crippen LogP contribution in [0.3, 0.4) is 0 Å². The van der Waals surface area contributed by atoms with Crippen molar-refractivity contribution in [3.63, 3.8) is 0 Å². The second-order valence-electron chi connectivity index (χ2n) is 3.76. The van der Waals surface area contributed by atoms with Crippen LogP contribution in [0.2, 0.25) is 0 Å². The number of carboxylic acids is 1. The number of carbonyl (C=O) groups is 1. The van der Waals surface area contributed by atoms with Crippen LogP contribution in [-0.2, 0) is 4.79 Å². The molecule has 1 aliphatic carbocycles. The molecular formula is C11H14N2O2. The highest BCUT2D eigenvalue weighted by molar-refractivity contribution is 5.88. The van der Waals surface area contributed by atoms with Gasteiger partial charge in [-0.1, -0.05) is 18.2 Å². The van der Waals surface area contributed by atoms with E-state index in [2.05, 4.69) is 11.4 Å². The van der Waals surface area contributed by atoms with Crippen molar-refractivity contribution in [3.05, 3.63) is 35.6 Å². The standard InChI is InChI=1S/C11H14N2O2/c12-4-3-7-1-2-8-9(11(14)15)6-13-10(8)5-7/h1-2,5-6,8,10,13H,3-4,12H2,(H,14,15). The minimum absolute atomic E-state index is 0.0379. The Morgan fingerprint density at radius 3 is 3.07 bits per heavy atom. The molecule has 0 bridgehead atoms. The third kappa shape index (κ3) is 1.80. The van der Waals surface area contributed by atoms with E-state index in [-0.39, 0.29) is 12.0 Å². The SMILES string of the molecule is NCCC1=CC2NC=C(C(=O)O)C2C=C1. The molecule has 2 aliphatic rings. The number of nitrogens with one attached hydrogen (secondary N) is 1. The third-order valence-electron chi connectivity index (χ3n) is 2.77. The van der Waals surface area contributed by atoms with Gasteiger partial charge in [-0.3, -0.25) is 0 Å². The molecule has 0 saturated heterocycles. The van der Waals surface area contributed by atoms with E-state index in [9.17, 15) is 4.79 Å². The molecule has 0 aromatic rings. The van der Waals surface area contributed by atoms with Gasteiger partial charge in [0, 0.05) is 12.1 Å². The Labute approximate surface area is 88.2 Å². The van der Waals surface area contributed by atoms with Crippen LogP contribution in [0.15, 0.2) is 35.6 Å². The summed E-state index contributed by atoms with van der Waals surface area (Å²) >= 11 is 0. The van der Waals surface area contributed by atoms with E-state index < -0.39 is 5.97 Å². The van der Waals surface area contributed by atoms with E-state index in [1.165, 1.54) is 5.57 Å². The van der Waals surface area contributed by atoms with E-state index in [1.807, 2.05) is 12.2 Å². The predicted octanol–water partition coefficient (Wildman–Crippen LogP) is 0.388. The molecular weight excluding hydrogens is 192 g/mol. The zero-order valence-electron chi connectivity index (χ0n) is 8.31. The molecule has 0 saturated carbocycles. The minimum Gasteiger partial charge on any atom is -0.478 e. The van der Waals surface area contributed by atoms with Crippen LogP contribution in [0.25, 0.3) is 0 Å². The molecule has 0 spiro atoms. The molecule has 80 valence electrons. The zero-order valence-corrected chi connectivity index (χ0v) is 8.31.